The lowest BCUT2D eigenvalue weighted by atomic mass is 9.97. The first-order valence-corrected chi connectivity index (χ1v) is 17.3. The highest BCUT2D eigenvalue weighted by atomic mass is 16.3. The van der Waals surface area contributed by atoms with Crippen LogP contribution in [0.15, 0.2) is 173 Å². The third-order valence-electron chi connectivity index (χ3n) is 10.1. The Balaban J connectivity index is 1.15. The fraction of sp³-hybridized carbons (Fsp3) is 0. The number of para-hydroxylation sites is 1. The lowest BCUT2D eigenvalue weighted by Crippen LogP contribution is -2.00. The normalized spacial score (nSPS) is 11.8. The van der Waals surface area contributed by atoms with Crippen molar-refractivity contribution in [2.24, 2.45) is 0 Å². The smallest absolute Gasteiger partial charge is 0.164 e. The fourth-order valence-corrected chi connectivity index (χ4v) is 7.69. The van der Waals surface area contributed by atoms with Gasteiger partial charge in [-0.05, 0) is 69.1 Å². The largest absolute Gasteiger partial charge is 0.456 e. The number of hydrogen-bond donors (Lipinski definition) is 0. The van der Waals surface area contributed by atoms with E-state index in [1.807, 2.05) is 42.5 Å². The van der Waals surface area contributed by atoms with Gasteiger partial charge in [0.1, 0.15) is 22.3 Å². The molecule has 11 rings (SSSR count). The van der Waals surface area contributed by atoms with Gasteiger partial charge in [0, 0.05) is 38.2 Å². The van der Waals surface area contributed by atoms with Gasteiger partial charge in [0.2, 0.25) is 0 Å². The SMILES string of the molecule is c1ccc2cc(-c3nc(-c4cccc5oc6ccccc6c45)nc(-c4cccc5oc6cc(-c7cccc8ccccc78)ccc6c45)n3)ccc2c1. The van der Waals surface area contributed by atoms with Crippen LogP contribution >= 0.6 is 0 Å². The quantitative estimate of drug-likeness (QED) is 0.187. The third kappa shape index (κ3) is 4.46. The molecule has 0 N–H and O–H groups in total. The van der Waals surface area contributed by atoms with E-state index in [0.717, 1.165) is 76.9 Å². The van der Waals surface area contributed by atoms with Crippen molar-refractivity contribution in [3.05, 3.63) is 164 Å². The van der Waals surface area contributed by atoms with Crippen LogP contribution in [0.2, 0.25) is 0 Å². The van der Waals surface area contributed by atoms with Gasteiger partial charge in [-0.3, -0.25) is 0 Å². The molecule has 0 fully saturated rings. The van der Waals surface area contributed by atoms with E-state index in [9.17, 15) is 0 Å². The number of benzene rings is 8. The molecule has 0 radical (unpaired) electrons. The van der Waals surface area contributed by atoms with Crippen molar-refractivity contribution in [1.82, 2.24) is 15.0 Å². The highest BCUT2D eigenvalue weighted by Crippen LogP contribution is 2.41. The van der Waals surface area contributed by atoms with E-state index < -0.39 is 0 Å². The monoisotopic (exact) mass is 665 g/mol. The number of aromatic nitrogens is 3. The summed E-state index contributed by atoms with van der Waals surface area (Å²) >= 11 is 0. The summed E-state index contributed by atoms with van der Waals surface area (Å²) in [5.41, 5.74) is 8.16. The highest BCUT2D eigenvalue weighted by molar-refractivity contribution is 6.14. The molecule has 0 atom stereocenters. The van der Waals surface area contributed by atoms with Crippen LogP contribution in [0, 0.1) is 0 Å². The Morgan fingerprint density at radius 2 is 0.846 bits per heavy atom. The number of hydrogen-bond acceptors (Lipinski definition) is 5. The zero-order valence-corrected chi connectivity index (χ0v) is 27.7. The van der Waals surface area contributed by atoms with Gasteiger partial charge in [-0.15, -0.1) is 0 Å². The average molecular weight is 666 g/mol. The number of rotatable bonds is 4. The first-order valence-electron chi connectivity index (χ1n) is 17.3. The second-order valence-corrected chi connectivity index (χ2v) is 13.2. The Labute approximate surface area is 297 Å². The predicted octanol–water partition coefficient (Wildman–Crippen LogP) is 12.6. The molecule has 0 amide bonds. The molecule has 11 aromatic rings. The maximum absolute atomic E-state index is 6.58. The van der Waals surface area contributed by atoms with Crippen LogP contribution in [0.5, 0.6) is 0 Å². The molecule has 0 unspecified atom stereocenters. The lowest BCUT2D eigenvalue weighted by molar-refractivity contribution is 0.668. The van der Waals surface area contributed by atoms with Crippen molar-refractivity contribution in [2.45, 2.75) is 0 Å². The van der Waals surface area contributed by atoms with E-state index in [-0.39, 0.29) is 0 Å². The van der Waals surface area contributed by atoms with Crippen LogP contribution in [0.3, 0.4) is 0 Å². The molecule has 0 saturated carbocycles. The van der Waals surface area contributed by atoms with Gasteiger partial charge in [-0.2, -0.15) is 0 Å². The average Bonchev–Trinajstić information content (AvgIpc) is 3.78. The highest BCUT2D eigenvalue weighted by Gasteiger charge is 2.21. The summed E-state index contributed by atoms with van der Waals surface area (Å²) < 4.78 is 12.8. The van der Waals surface area contributed by atoms with Crippen molar-refractivity contribution in [2.75, 3.05) is 0 Å². The Morgan fingerprint density at radius 1 is 0.308 bits per heavy atom. The van der Waals surface area contributed by atoms with E-state index in [0.29, 0.717) is 17.5 Å². The van der Waals surface area contributed by atoms with Crippen molar-refractivity contribution < 1.29 is 8.83 Å². The van der Waals surface area contributed by atoms with E-state index >= 15 is 0 Å². The summed E-state index contributed by atoms with van der Waals surface area (Å²) in [5, 5.41) is 8.67. The minimum Gasteiger partial charge on any atom is -0.456 e. The first kappa shape index (κ1) is 28.7. The van der Waals surface area contributed by atoms with Crippen LogP contribution in [0.4, 0.5) is 0 Å². The zero-order chi connectivity index (χ0) is 34.2. The Bertz CT molecular complexity index is 3200. The van der Waals surface area contributed by atoms with Crippen LogP contribution in [-0.2, 0) is 0 Å². The molecular formula is C47H27N3O2. The molecule has 0 spiro atoms. The van der Waals surface area contributed by atoms with Gasteiger partial charge >= 0.3 is 0 Å². The number of furan rings is 2. The summed E-state index contributed by atoms with van der Waals surface area (Å²) in [7, 11) is 0. The van der Waals surface area contributed by atoms with Crippen LogP contribution in [0.25, 0.3) is 111 Å². The molecule has 5 nitrogen and oxygen atoms in total. The molecule has 3 aromatic heterocycles. The molecule has 5 heteroatoms. The molecule has 52 heavy (non-hydrogen) atoms. The summed E-state index contributed by atoms with van der Waals surface area (Å²) in [5.74, 6) is 1.75. The summed E-state index contributed by atoms with van der Waals surface area (Å²) in [6.45, 7) is 0. The van der Waals surface area contributed by atoms with Gasteiger partial charge in [-0.1, -0.05) is 127 Å². The van der Waals surface area contributed by atoms with Gasteiger partial charge in [0.05, 0.1) is 0 Å². The molecule has 0 aliphatic carbocycles. The van der Waals surface area contributed by atoms with Gasteiger partial charge in [0.25, 0.3) is 0 Å². The van der Waals surface area contributed by atoms with Gasteiger partial charge < -0.3 is 8.83 Å². The van der Waals surface area contributed by atoms with Crippen molar-refractivity contribution in [3.8, 4) is 45.3 Å². The van der Waals surface area contributed by atoms with Crippen molar-refractivity contribution in [1.29, 1.82) is 0 Å². The minimum absolute atomic E-state index is 0.574. The topological polar surface area (TPSA) is 65.0 Å². The summed E-state index contributed by atoms with van der Waals surface area (Å²) in [6, 6.07) is 56.3. The maximum Gasteiger partial charge on any atom is 0.164 e. The standard InChI is InChI=1S/C47H27N3O2/c1-2-12-30-26-32(23-22-28(30)10-1)45-48-46(37-17-8-20-40-43(37)35-15-5-6-19-39(35)51-40)50-47(49-45)38-18-9-21-41-44(38)36-25-24-31(27-42(36)52-41)34-16-7-13-29-11-3-4-14-33(29)34/h1-27H. The van der Waals surface area contributed by atoms with Crippen LogP contribution in [-0.4, -0.2) is 15.0 Å². The van der Waals surface area contributed by atoms with Gasteiger partial charge in [-0.25, -0.2) is 15.0 Å². The van der Waals surface area contributed by atoms with E-state index in [2.05, 4.69) is 121 Å². The van der Waals surface area contributed by atoms with Gasteiger partial charge in [0.15, 0.2) is 17.5 Å². The molecule has 3 heterocycles. The van der Waals surface area contributed by atoms with Crippen LogP contribution < -0.4 is 0 Å². The molecular weight excluding hydrogens is 639 g/mol. The van der Waals surface area contributed by atoms with E-state index in [1.54, 1.807) is 0 Å². The third-order valence-corrected chi connectivity index (χ3v) is 10.1. The molecule has 0 bridgehead atoms. The second-order valence-electron chi connectivity index (χ2n) is 13.2. The molecule has 8 aromatic carbocycles. The Hall–Kier alpha value is -7.11. The minimum atomic E-state index is 0.574. The summed E-state index contributed by atoms with van der Waals surface area (Å²) in [4.78, 5) is 15.6. The number of fused-ring (bicyclic) bond motifs is 8. The summed E-state index contributed by atoms with van der Waals surface area (Å²) in [6.07, 6.45) is 0. The maximum atomic E-state index is 6.58. The molecule has 242 valence electrons. The second kappa shape index (κ2) is 11.2. The molecule has 0 saturated heterocycles. The van der Waals surface area contributed by atoms with Crippen molar-refractivity contribution >= 4 is 65.4 Å². The van der Waals surface area contributed by atoms with Crippen LogP contribution in [0.1, 0.15) is 0 Å². The Morgan fingerprint density at radius 3 is 1.63 bits per heavy atom. The Kier molecular flexibility index (Phi) is 6.18. The number of nitrogens with zero attached hydrogens (tertiary/aromatic N) is 3. The predicted molar refractivity (Wildman–Crippen MR) is 211 cm³/mol. The van der Waals surface area contributed by atoms with E-state index in [4.69, 9.17) is 23.8 Å². The zero-order valence-electron chi connectivity index (χ0n) is 27.7. The lowest BCUT2D eigenvalue weighted by Gasteiger charge is -2.10. The van der Waals surface area contributed by atoms with Crippen molar-refractivity contribution in [3.63, 3.8) is 0 Å². The molecule has 0 aliphatic rings. The first-order chi connectivity index (χ1) is 25.7. The fourth-order valence-electron chi connectivity index (χ4n) is 7.69. The molecule has 0 aliphatic heterocycles. The van der Waals surface area contributed by atoms with E-state index in [1.165, 1.54) is 16.3 Å².